The molecule has 3 rings (SSSR count). The minimum Gasteiger partial charge on any atom is -0.367 e. The quantitative estimate of drug-likeness (QED) is 0.581. The van der Waals surface area contributed by atoms with Crippen molar-refractivity contribution >= 4 is 11.6 Å². The van der Waals surface area contributed by atoms with Crippen LogP contribution in [0.5, 0.6) is 0 Å². The Balaban J connectivity index is 1.86. The Morgan fingerprint density at radius 2 is 1.86 bits per heavy atom. The highest BCUT2D eigenvalue weighted by Crippen LogP contribution is 2.31. The summed E-state index contributed by atoms with van der Waals surface area (Å²) in [5.74, 6) is 8.38. The number of anilines is 2. The summed E-state index contributed by atoms with van der Waals surface area (Å²) in [6.45, 7) is 2.21. The van der Waals surface area contributed by atoms with Gasteiger partial charge in [0, 0.05) is 17.7 Å². The van der Waals surface area contributed by atoms with E-state index in [0.717, 1.165) is 17.3 Å². The third kappa shape index (κ3) is 3.13. The van der Waals surface area contributed by atoms with Gasteiger partial charge in [-0.25, -0.2) is 15.8 Å². The second kappa shape index (κ2) is 6.10. The van der Waals surface area contributed by atoms with E-state index in [0.29, 0.717) is 17.7 Å². The SMILES string of the molecule is CC(Nc1cc(NN)nc(-c2ccccc2)n1)C1CCC1. The molecule has 1 aliphatic carbocycles. The Labute approximate surface area is 125 Å². The minimum atomic E-state index is 0.419. The highest BCUT2D eigenvalue weighted by molar-refractivity contribution is 5.61. The molecule has 0 amide bonds. The molecule has 0 bridgehead atoms. The van der Waals surface area contributed by atoms with Crippen LogP contribution >= 0.6 is 0 Å². The van der Waals surface area contributed by atoms with E-state index in [1.165, 1.54) is 19.3 Å². The fourth-order valence-corrected chi connectivity index (χ4v) is 2.60. The molecule has 1 unspecified atom stereocenters. The molecule has 1 heterocycles. The molecule has 5 heteroatoms. The predicted molar refractivity (Wildman–Crippen MR) is 85.7 cm³/mol. The van der Waals surface area contributed by atoms with E-state index in [9.17, 15) is 0 Å². The zero-order valence-corrected chi connectivity index (χ0v) is 12.2. The van der Waals surface area contributed by atoms with E-state index in [2.05, 4.69) is 27.6 Å². The monoisotopic (exact) mass is 283 g/mol. The van der Waals surface area contributed by atoms with Gasteiger partial charge in [0.2, 0.25) is 0 Å². The number of nitrogens with two attached hydrogens (primary N) is 1. The Kier molecular flexibility index (Phi) is 4.01. The van der Waals surface area contributed by atoms with Gasteiger partial charge in [0.05, 0.1) is 0 Å². The molecule has 1 aromatic heterocycles. The van der Waals surface area contributed by atoms with Gasteiger partial charge < -0.3 is 10.7 Å². The van der Waals surface area contributed by atoms with Crippen molar-refractivity contribution in [2.75, 3.05) is 10.7 Å². The van der Waals surface area contributed by atoms with Crippen molar-refractivity contribution in [1.29, 1.82) is 0 Å². The first-order valence-corrected chi connectivity index (χ1v) is 7.44. The van der Waals surface area contributed by atoms with Gasteiger partial charge >= 0.3 is 0 Å². The zero-order valence-electron chi connectivity index (χ0n) is 12.2. The summed E-state index contributed by atoms with van der Waals surface area (Å²) in [6.07, 6.45) is 3.94. The third-order valence-electron chi connectivity index (χ3n) is 4.14. The molecule has 110 valence electrons. The smallest absolute Gasteiger partial charge is 0.163 e. The van der Waals surface area contributed by atoms with Crippen molar-refractivity contribution in [3.05, 3.63) is 36.4 Å². The van der Waals surface area contributed by atoms with E-state index >= 15 is 0 Å². The first-order chi connectivity index (χ1) is 10.3. The van der Waals surface area contributed by atoms with Crippen LogP contribution < -0.4 is 16.6 Å². The Morgan fingerprint density at radius 3 is 2.48 bits per heavy atom. The molecule has 1 fully saturated rings. The van der Waals surface area contributed by atoms with Gasteiger partial charge in [0.15, 0.2) is 5.82 Å². The van der Waals surface area contributed by atoms with Crippen LogP contribution in [0.25, 0.3) is 11.4 Å². The predicted octanol–water partition coefficient (Wildman–Crippen LogP) is 3.03. The molecule has 21 heavy (non-hydrogen) atoms. The van der Waals surface area contributed by atoms with E-state index < -0.39 is 0 Å². The van der Waals surface area contributed by atoms with Crippen LogP contribution in [0.2, 0.25) is 0 Å². The van der Waals surface area contributed by atoms with Crippen molar-refractivity contribution in [2.24, 2.45) is 11.8 Å². The van der Waals surface area contributed by atoms with Crippen LogP contribution in [0.4, 0.5) is 11.6 Å². The topological polar surface area (TPSA) is 75.9 Å². The van der Waals surface area contributed by atoms with Gasteiger partial charge in [-0.3, -0.25) is 0 Å². The molecule has 5 nitrogen and oxygen atoms in total. The lowest BCUT2D eigenvalue weighted by Gasteiger charge is -2.32. The first kappa shape index (κ1) is 13.8. The van der Waals surface area contributed by atoms with Crippen molar-refractivity contribution in [1.82, 2.24) is 9.97 Å². The van der Waals surface area contributed by atoms with Crippen LogP contribution in [-0.4, -0.2) is 16.0 Å². The van der Waals surface area contributed by atoms with E-state index in [1.54, 1.807) is 0 Å². The Morgan fingerprint density at radius 1 is 1.14 bits per heavy atom. The van der Waals surface area contributed by atoms with Crippen molar-refractivity contribution in [3.8, 4) is 11.4 Å². The summed E-state index contributed by atoms with van der Waals surface area (Å²) in [4.78, 5) is 9.04. The third-order valence-corrected chi connectivity index (χ3v) is 4.14. The van der Waals surface area contributed by atoms with Crippen LogP contribution in [-0.2, 0) is 0 Å². The van der Waals surface area contributed by atoms with Gasteiger partial charge in [-0.1, -0.05) is 36.8 Å². The summed E-state index contributed by atoms with van der Waals surface area (Å²) in [5.41, 5.74) is 3.60. The standard InChI is InChI=1S/C16H21N5/c1-11(12-8-5-9-12)18-14-10-15(21-17)20-16(19-14)13-6-3-2-4-7-13/h2-4,6-7,10-12H,5,8-9,17H2,1H3,(H2,18,19,20,21). The van der Waals surface area contributed by atoms with Crippen molar-refractivity contribution in [3.63, 3.8) is 0 Å². The maximum atomic E-state index is 5.53. The fraction of sp³-hybridized carbons (Fsp3) is 0.375. The maximum Gasteiger partial charge on any atom is 0.163 e. The van der Waals surface area contributed by atoms with E-state index in [4.69, 9.17) is 5.84 Å². The molecular formula is C16H21N5. The van der Waals surface area contributed by atoms with Crippen molar-refractivity contribution in [2.45, 2.75) is 32.2 Å². The summed E-state index contributed by atoms with van der Waals surface area (Å²) in [5, 5.41) is 3.48. The Bertz CT molecular complexity index is 595. The zero-order chi connectivity index (χ0) is 14.7. The Hall–Kier alpha value is -2.14. The summed E-state index contributed by atoms with van der Waals surface area (Å²) < 4.78 is 0. The number of benzene rings is 1. The number of nitrogen functional groups attached to an aromatic ring is 1. The van der Waals surface area contributed by atoms with E-state index in [-0.39, 0.29) is 0 Å². The molecule has 1 aromatic carbocycles. The second-order valence-corrected chi connectivity index (χ2v) is 5.60. The summed E-state index contributed by atoms with van der Waals surface area (Å²) in [7, 11) is 0. The van der Waals surface area contributed by atoms with Crippen molar-refractivity contribution < 1.29 is 0 Å². The lowest BCUT2D eigenvalue weighted by atomic mass is 9.80. The van der Waals surface area contributed by atoms with Gasteiger partial charge in [0.1, 0.15) is 11.6 Å². The molecule has 0 radical (unpaired) electrons. The normalized spacial score (nSPS) is 16.1. The molecule has 0 aliphatic heterocycles. The number of nitrogens with zero attached hydrogens (tertiary/aromatic N) is 2. The lowest BCUT2D eigenvalue weighted by Crippen LogP contribution is -2.31. The molecule has 0 spiro atoms. The van der Waals surface area contributed by atoms with Crippen LogP contribution in [0.3, 0.4) is 0 Å². The summed E-state index contributed by atoms with van der Waals surface area (Å²) in [6, 6.07) is 12.2. The first-order valence-electron chi connectivity index (χ1n) is 7.44. The number of aromatic nitrogens is 2. The fourth-order valence-electron chi connectivity index (χ4n) is 2.60. The highest BCUT2D eigenvalue weighted by Gasteiger charge is 2.24. The molecule has 1 aliphatic rings. The number of hydrogen-bond acceptors (Lipinski definition) is 5. The summed E-state index contributed by atoms with van der Waals surface area (Å²) >= 11 is 0. The van der Waals surface area contributed by atoms with E-state index in [1.807, 2.05) is 36.4 Å². The number of rotatable bonds is 5. The average molecular weight is 283 g/mol. The van der Waals surface area contributed by atoms with Gasteiger partial charge in [0.25, 0.3) is 0 Å². The van der Waals surface area contributed by atoms with Crippen LogP contribution in [0.15, 0.2) is 36.4 Å². The molecule has 4 N–H and O–H groups in total. The lowest BCUT2D eigenvalue weighted by molar-refractivity contribution is 0.285. The molecule has 1 saturated carbocycles. The minimum absolute atomic E-state index is 0.419. The largest absolute Gasteiger partial charge is 0.367 e. The number of nitrogens with one attached hydrogen (secondary N) is 2. The maximum absolute atomic E-state index is 5.53. The second-order valence-electron chi connectivity index (χ2n) is 5.60. The highest BCUT2D eigenvalue weighted by atomic mass is 15.3. The van der Waals surface area contributed by atoms with Crippen LogP contribution in [0.1, 0.15) is 26.2 Å². The van der Waals surface area contributed by atoms with Gasteiger partial charge in [-0.15, -0.1) is 0 Å². The molecule has 2 aromatic rings. The van der Waals surface area contributed by atoms with Gasteiger partial charge in [-0.2, -0.15) is 0 Å². The number of hydrazine groups is 1. The van der Waals surface area contributed by atoms with Gasteiger partial charge in [-0.05, 0) is 25.7 Å². The number of hydrogen-bond donors (Lipinski definition) is 3. The average Bonchev–Trinajstić information content (AvgIpc) is 2.46. The van der Waals surface area contributed by atoms with Crippen LogP contribution in [0, 0.1) is 5.92 Å². The molecule has 0 saturated heterocycles. The molecular weight excluding hydrogens is 262 g/mol. The molecule has 1 atom stereocenters.